The van der Waals surface area contributed by atoms with Crippen LogP contribution in [0.1, 0.15) is 15.9 Å². The predicted octanol–water partition coefficient (Wildman–Crippen LogP) is 2.83. The molecule has 0 aliphatic heterocycles. The van der Waals surface area contributed by atoms with Crippen LogP contribution in [0.4, 0.5) is 0 Å². The smallest absolute Gasteiger partial charge is 0.337 e. The van der Waals surface area contributed by atoms with E-state index in [1.165, 1.54) is 6.20 Å². The minimum atomic E-state index is -0.948. The SMILES string of the molecule is Cc1cc2[nH]cc(C(=O)O)c2cc1Cl. The van der Waals surface area contributed by atoms with E-state index in [4.69, 9.17) is 16.7 Å². The lowest BCUT2D eigenvalue weighted by atomic mass is 10.1. The first-order valence-corrected chi connectivity index (χ1v) is 4.48. The third-order valence-electron chi connectivity index (χ3n) is 2.19. The topological polar surface area (TPSA) is 53.1 Å². The second-order valence-corrected chi connectivity index (χ2v) is 3.56. The van der Waals surface area contributed by atoms with Gasteiger partial charge in [-0.15, -0.1) is 0 Å². The van der Waals surface area contributed by atoms with Gasteiger partial charge in [-0.2, -0.15) is 0 Å². The molecule has 2 N–H and O–H groups in total. The van der Waals surface area contributed by atoms with E-state index < -0.39 is 5.97 Å². The number of aryl methyl sites for hydroxylation is 1. The third kappa shape index (κ3) is 1.26. The molecule has 3 nitrogen and oxygen atoms in total. The lowest BCUT2D eigenvalue weighted by molar-refractivity contribution is 0.0699. The molecule has 0 saturated carbocycles. The number of carboxylic acid groups (broad SMARTS) is 1. The number of carboxylic acids is 1. The zero-order valence-corrected chi connectivity index (χ0v) is 8.22. The van der Waals surface area contributed by atoms with E-state index in [-0.39, 0.29) is 5.56 Å². The van der Waals surface area contributed by atoms with Crippen molar-refractivity contribution < 1.29 is 9.90 Å². The van der Waals surface area contributed by atoms with Crippen molar-refractivity contribution in [2.75, 3.05) is 0 Å². The van der Waals surface area contributed by atoms with E-state index >= 15 is 0 Å². The van der Waals surface area contributed by atoms with E-state index in [1.54, 1.807) is 6.07 Å². The van der Waals surface area contributed by atoms with Crippen molar-refractivity contribution >= 4 is 28.5 Å². The van der Waals surface area contributed by atoms with E-state index in [2.05, 4.69) is 4.98 Å². The molecule has 14 heavy (non-hydrogen) atoms. The van der Waals surface area contributed by atoms with Crippen LogP contribution in [0.25, 0.3) is 10.9 Å². The van der Waals surface area contributed by atoms with Gasteiger partial charge in [0.25, 0.3) is 0 Å². The number of benzene rings is 1. The Labute approximate surface area is 85.3 Å². The van der Waals surface area contributed by atoms with E-state index in [0.717, 1.165) is 11.1 Å². The molecular weight excluding hydrogens is 202 g/mol. The van der Waals surface area contributed by atoms with Gasteiger partial charge in [-0.1, -0.05) is 11.6 Å². The van der Waals surface area contributed by atoms with Gasteiger partial charge in [0.05, 0.1) is 5.56 Å². The van der Waals surface area contributed by atoms with Crippen molar-refractivity contribution in [3.05, 3.63) is 34.5 Å². The normalized spacial score (nSPS) is 10.7. The summed E-state index contributed by atoms with van der Waals surface area (Å²) in [6.45, 7) is 1.88. The molecule has 0 spiro atoms. The van der Waals surface area contributed by atoms with Gasteiger partial charge in [-0.05, 0) is 24.6 Å². The number of aromatic amines is 1. The van der Waals surface area contributed by atoms with Gasteiger partial charge in [0.15, 0.2) is 0 Å². The van der Waals surface area contributed by atoms with Gasteiger partial charge < -0.3 is 10.1 Å². The maximum atomic E-state index is 10.8. The summed E-state index contributed by atoms with van der Waals surface area (Å²) in [5, 5.41) is 10.1. The van der Waals surface area contributed by atoms with Crippen molar-refractivity contribution in [1.82, 2.24) is 4.98 Å². The average molecular weight is 210 g/mol. The summed E-state index contributed by atoms with van der Waals surface area (Å²) in [6.07, 6.45) is 1.47. The second kappa shape index (κ2) is 3.03. The molecule has 2 aromatic rings. The maximum Gasteiger partial charge on any atom is 0.337 e. The highest BCUT2D eigenvalue weighted by molar-refractivity contribution is 6.32. The van der Waals surface area contributed by atoms with E-state index in [9.17, 15) is 4.79 Å². The highest BCUT2D eigenvalue weighted by Gasteiger charge is 2.11. The van der Waals surface area contributed by atoms with Crippen molar-refractivity contribution in [3.8, 4) is 0 Å². The minimum Gasteiger partial charge on any atom is -0.478 e. The number of halogens is 1. The maximum absolute atomic E-state index is 10.8. The fourth-order valence-electron chi connectivity index (χ4n) is 1.43. The first-order valence-electron chi connectivity index (χ1n) is 4.10. The van der Waals surface area contributed by atoms with Crippen molar-refractivity contribution in [1.29, 1.82) is 0 Å². The number of hydrogen-bond donors (Lipinski definition) is 2. The van der Waals surface area contributed by atoms with Crippen LogP contribution >= 0.6 is 11.6 Å². The van der Waals surface area contributed by atoms with Gasteiger partial charge in [0.2, 0.25) is 0 Å². The molecule has 0 fully saturated rings. The molecule has 1 heterocycles. The molecule has 0 unspecified atom stereocenters. The Bertz CT molecular complexity index is 516. The van der Waals surface area contributed by atoms with Gasteiger partial charge in [0.1, 0.15) is 0 Å². The highest BCUT2D eigenvalue weighted by atomic mass is 35.5. The Morgan fingerprint density at radius 3 is 2.86 bits per heavy atom. The fourth-order valence-corrected chi connectivity index (χ4v) is 1.59. The Hall–Kier alpha value is -1.48. The van der Waals surface area contributed by atoms with Crippen LogP contribution < -0.4 is 0 Å². The number of rotatable bonds is 1. The van der Waals surface area contributed by atoms with Crippen LogP contribution in [0, 0.1) is 6.92 Å². The van der Waals surface area contributed by atoms with Gasteiger partial charge in [0, 0.05) is 22.1 Å². The van der Waals surface area contributed by atoms with E-state index in [0.29, 0.717) is 10.4 Å². The van der Waals surface area contributed by atoms with Gasteiger partial charge in [-0.25, -0.2) is 4.79 Å². The molecule has 0 amide bonds. The van der Waals surface area contributed by atoms with E-state index in [1.807, 2.05) is 13.0 Å². The highest BCUT2D eigenvalue weighted by Crippen LogP contribution is 2.25. The first-order chi connectivity index (χ1) is 6.59. The standard InChI is InChI=1S/C10H8ClNO2/c1-5-2-9-6(3-8(5)11)7(4-12-9)10(13)14/h2-4,12H,1H3,(H,13,14). The molecule has 1 aromatic heterocycles. The average Bonchev–Trinajstić information content (AvgIpc) is 2.48. The lowest BCUT2D eigenvalue weighted by Gasteiger charge is -1.98. The lowest BCUT2D eigenvalue weighted by Crippen LogP contribution is -1.93. The molecule has 72 valence electrons. The quantitative estimate of drug-likeness (QED) is 0.759. The number of hydrogen-bond acceptors (Lipinski definition) is 1. The summed E-state index contributed by atoms with van der Waals surface area (Å²) in [5.74, 6) is -0.948. The zero-order valence-electron chi connectivity index (χ0n) is 7.47. The summed E-state index contributed by atoms with van der Waals surface area (Å²) >= 11 is 5.91. The molecule has 0 radical (unpaired) electrons. The Morgan fingerprint density at radius 2 is 2.21 bits per heavy atom. The zero-order chi connectivity index (χ0) is 10.3. The number of aromatic carboxylic acids is 1. The summed E-state index contributed by atoms with van der Waals surface area (Å²) < 4.78 is 0. The largest absolute Gasteiger partial charge is 0.478 e. The molecule has 1 aromatic carbocycles. The monoisotopic (exact) mass is 209 g/mol. The summed E-state index contributed by atoms with van der Waals surface area (Å²) in [5.41, 5.74) is 1.98. The number of aromatic nitrogens is 1. The van der Waals surface area contributed by atoms with Crippen molar-refractivity contribution in [2.24, 2.45) is 0 Å². The van der Waals surface area contributed by atoms with Crippen molar-refractivity contribution in [2.45, 2.75) is 6.92 Å². The number of nitrogens with one attached hydrogen (secondary N) is 1. The molecule has 2 rings (SSSR count). The summed E-state index contributed by atoms with van der Waals surface area (Å²) in [7, 11) is 0. The molecule has 0 aliphatic carbocycles. The van der Waals surface area contributed by atoms with Crippen LogP contribution in [0.3, 0.4) is 0 Å². The Balaban J connectivity index is 2.80. The molecule has 0 bridgehead atoms. The first kappa shape index (κ1) is 9.09. The number of carbonyl (C=O) groups is 1. The van der Waals surface area contributed by atoms with Crippen molar-refractivity contribution in [3.63, 3.8) is 0 Å². The van der Waals surface area contributed by atoms with Gasteiger partial charge >= 0.3 is 5.97 Å². The van der Waals surface area contributed by atoms with Gasteiger partial charge in [-0.3, -0.25) is 0 Å². The molecular formula is C10H8ClNO2. The van der Waals surface area contributed by atoms with Crippen LogP contribution in [0.5, 0.6) is 0 Å². The Kier molecular flexibility index (Phi) is 1.97. The summed E-state index contributed by atoms with van der Waals surface area (Å²) in [6, 6.07) is 3.51. The Morgan fingerprint density at radius 1 is 1.50 bits per heavy atom. The summed E-state index contributed by atoms with van der Waals surface area (Å²) in [4.78, 5) is 13.7. The van der Waals surface area contributed by atoms with Crippen LogP contribution in [-0.2, 0) is 0 Å². The molecule has 0 saturated heterocycles. The molecule has 0 atom stereocenters. The fraction of sp³-hybridized carbons (Fsp3) is 0.100. The number of fused-ring (bicyclic) bond motifs is 1. The molecule has 4 heteroatoms. The minimum absolute atomic E-state index is 0.252. The molecule has 0 aliphatic rings. The van der Waals surface area contributed by atoms with Crippen LogP contribution in [0.15, 0.2) is 18.3 Å². The number of H-pyrrole nitrogens is 1. The van der Waals surface area contributed by atoms with Crippen LogP contribution in [0.2, 0.25) is 5.02 Å². The van der Waals surface area contributed by atoms with Crippen LogP contribution in [-0.4, -0.2) is 16.1 Å². The second-order valence-electron chi connectivity index (χ2n) is 3.15. The third-order valence-corrected chi connectivity index (χ3v) is 2.60. The predicted molar refractivity (Wildman–Crippen MR) is 55.0 cm³/mol.